The SMILES string of the molecule is CCCc1cc(CNC)cc(N(CC)C2CCCCC2)n1. The predicted molar refractivity (Wildman–Crippen MR) is 90.9 cm³/mol. The van der Waals surface area contributed by atoms with Crippen LogP contribution in [0.15, 0.2) is 12.1 Å². The lowest BCUT2D eigenvalue weighted by Crippen LogP contribution is -2.37. The molecule has 1 aromatic heterocycles. The summed E-state index contributed by atoms with van der Waals surface area (Å²) in [6.07, 6.45) is 9.04. The first-order valence-corrected chi connectivity index (χ1v) is 8.69. The molecule has 1 heterocycles. The summed E-state index contributed by atoms with van der Waals surface area (Å²) in [5, 5.41) is 3.27. The van der Waals surface area contributed by atoms with Crippen molar-refractivity contribution in [2.75, 3.05) is 18.5 Å². The van der Waals surface area contributed by atoms with E-state index in [-0.39, 0.29) is 0 Å². The number of nitrogens with one attached hydrogen (secondary N) is 1. The second-order valence-electron chi connectivity index (χ2n) is 6.18. The van der Waals surface area contributed by atoms with Crippen LogP contribution in [0.5, 0.6) is 0 Å². The van der Waals surface area contributed by atoms with Gasteiger partial charge in [0.2, 0.25) is 0 Å². The number of hydrogen-bond acceptors (Lipinski definition) is 3. The number of hydrogen-bond donors (Lipinski definition) is 1. The maximum absolute atomic E-state index is 4.95. The van der Waals surface area contributed by atoms with Gasteiger partial charge in [-0.3, -0.25) is 0 Å². The molecule has 3 heteroatoms. The molecule has 1 N–H and O–H groups in total. The standard InChI is InChI=1S/C18H31N3/c1-4-9-16-12-15(14-19-3)13-18(20-16)21(5-2)17-10-7-6-8-11-17/h12-13,17,19H,4-11,14H2,1-3H3. The van der Waals surface area contributed by atoms with E-state index in [4.69, 9.17) is 4.98 Å². The van der Waals surface area contributed by atoms with E-state index in [2.05, 4.69) is 36.2 Å². The molecule has 1 fully saturated rings. The van der Waals surface area contributed by atoms with Gasteiger partial charge in [-0.2, -0.15) is 0 Å². The second-order valence-corrected chi connectivity index (χ2v) is 6.18. The van der Waals surface area contributed by atoms with Gasteiger partial charge in [0.15, 0.2) is 0 Å². The Hall–Kier alpha value is -1.09. The molecule has 0 aliphatic heterocycles. The number of aromatic nitrogens is 1. The van der Waals surface area contributed by atoms with E-state index in [1.807, 2.05) is 7.05 Å². The zero-order valence-corrected chi connectivity index (χ0v) is 14.0. The summed E-state index contributed by atoms with van der Waals surface area (Å²) < 4.78 is 0. The Morgan fingerprint density at radius 3 is 2.57 bits per heavy atom. The van der Waals surface area contributed by atoms with Crippen molar-refractivity contribution in [3.8, 4) is 0 Å². The monoisotopic (exact) mass is 289 g/mol. The molecule has 3 nitrogen and oxygen atoms in total. The van der Waals surface area contributed by atoms with Gasteiger partial charge in [0, 0.05) is 24.8 Å². The Bertz CT molecular complexity index is 400. The molecule has 2 rings (SSSR count). The van der Waals surface area contributed by atoms with Gasteiger partial charge in [-0.25, -0.2) is 4.98 Å². The highest BCUT2D eigenvalue weighted by atomic mass is 15.2. The number of rotatable bonds is 7. The van der Waals surface area contributed by atoms with Crippen molar-refractivity contribution < 1.29 is 0 Å². The number of pyridine rings is 1. The highest BCUT2D eigenvalue weighted by molar-refractivity contribution is 5.44. The lowest BCUT2D eigenvalue weighted by molar-refractivity contribution is 0.416. The Morgan fingerprint density at radius 1 is 1.19 bits per heavy atom. The van der Waals surface area contributed by atoms with Crippen molar-refractivity contribution >= 4 is 5.82 Å². The summed E-state index contributed by atoms with van der Waals surface area (Å²) in [6, 6.07) is 5.24. The van der Waals surface area contributed by atoms with Crippen LogP contribution in [0, 0.1) is 0 Å². The van der Waals surface area contributed by atoms with E-state index in [1.54, 1.807) is 0 Å². The van der Waals surface area contributed by atoms with Crippen molar-refractivity contribution in [3.63, 3.8) is 0 Å². The molecule has 0 aromatic carbocycles. The van der Waals surface area contributed by atoms with E-state index < -0.39 is 0 Å². The normalized spacial score (nSPS) is 16.1. The van der Waals surface area contributed by atoms with Gasteiger partial charge in [0.1, 0.15) is 5.82 Å². The largest absolute Gasteiger partial charge is 0.354 e. The minimum Gasteiger partial charge on any atom is -0.354 e. The Morgan fingerprint density at radius 2 is 1.95 bits per heavy atom. The van der Waals surface area contributed by atoms with E-state index in [0.717, 1.165) is 25.9 Å². The van der Waals surface area contributed by atoms with Crippen LogP contribution in [0.4, 0.5) is 5.82 Å². The van der Waals surface area contributed by atoms with E-state index in [1.165, 1.54) is 49.2 Å². The first-order chi connectivity index (χ1) is 10.3. The molecule has 1 aromatic rings. The van der Waals surface area contributed by atoms with Crippen molar-refractivity contribution in [1.82, 2.24) is 10.3 Å². The van der Waals surface area contributed by atoms with Gasteiger partial charge in [-0.15, -0.1) is 0 Å². The molecule has 0 saturated heterocycles. The van der Waals surface area contributed by atoms with Crippen LogP contribution >= 0.6 is 0 Å². The zero-order valence-electron chi connectivity index (χ0n) is 14.0. The molecule has 1 saturated carbocycles. The highest BCUT2D eigenvalue weighted by Gasteiger charge is 2.21. The molecule has 0 radical (unpaired) electrons. The van der Waals surface area contributed by atoms with Gasteiger partial charge >= 0.3 is 0 Å². The fourth-order valence-electron chi connectivity index (χ4n) is 3.47. The van der Waals surface area contributed by atoms with Crippen molar-refractivity contribution in [2.24, 2.45) is 0 Å². The third kappa shape index (κ3) is 4.44. The van der Waals surface area contributed by atoms with E-state index >= 15 is 0 Å². The summed E-state index contributed by atoms with van der Waals surface area (Å²) in [5.41, 5.74) is 2.61. The van der Waals surface area contributed by atoms with E-state index in [0.29, 0.717) is 6.04 Å². The van der Waals surface area contributed by atoms with Crippen LogP contribution < -0.4 is 10.2 Å². The fourth-order valence-corrected chi connectivity index (χ4v) is 3.47. The lowest BCUT2D eigenvalue weighted by Gasteiger charge is -2.35. The van der Waals surface area contributed by atoms with Crippen LogP contribution in [0.3, 0.4) is 0 Å². The molecule has 0 spiro atoms. The molecule has 1 aliphatic rings. The number of aryl methyl sites for hydroxylation is 1. The molecule has 0 atom stereocenters. The molecule has 118 valence electrons. The van der Waals surface area contributed by atoms with Gasteiger partial charge < -0.3 is 10.2 Å². The summed E-state index contributed by atoms with van der Waals surface area (Å²) in [4.78, 5) is 7.49. The topological polar surface area (TPSA) is 28.2 Å². The van der Waals surface area contributed by atoms with Crippen LogP contribution in [0.25, 0.3) is 0 Å². The highest BCUT2D eigenvalue weighted by Crippen LogP contribution is 2.27. The van der Waals surface area contributed by atoms with Crippen LogP contribution in [0.2, 0.25) is 0 Å². The quantitative estimate of drug-likeness (QED) is 0.825. The number of anilines is 1. The fraction of sp³-hybridized carbons (Fsp3) is 0.722. The smallest absolute Gasteiger partial charge is 0.129 e. The van der Waals surface area contributed by atoms with Gasteiger partial charge in [-0.1, -0.05) is 32.6 Å². The van der Waals surface area contributed by atoms with Gasteiger partial charge in [0.25, 0.3) is 0 Å². The van der Waals surface area contributed by atoms with E-state index in [9.17, 15) is 0 Å². The second kappa shape index (κ2) is 8.38. The minimum atomic E-state index is 0.690. The Labute approximate surface area is 130 Å². The summed E-state index contributed by atoms with van der Waals surface area (Å²) in [5.74, 6) is 1.20. The first kappa shape index (κ1) is 16.3. The summed E-state index contributed by atoms with van der Waals surface area (Å²) >= 11 is 0. The van der Waals surface area contributed by atoms with Crippen LogP contribution in [0.1, 0.15) is 63.6 Å². The molecule has 0 amide bonds. The summed E-state index contributed by atoms with van der Waals surface area (Å²) in [7, 11) is 2.01. The third-order valence-electron chi connectivity index (χ3n) is 4.46. The van der Waals surface area contributed by atoms with Crippen molar-refractivity contribution in [3.05, 3.63) is 23.4 Å². The molecule has 1 aliphatic carbocycles. The molecule has 0 unspecified atom stereocenters. The molecular formula is C18H31N3. The molecule has 0 bridgehead atoms. The Balaban J connectivity index is 2.25. The van der Waals surface area contributed by atoms with Crippen LogP contribution in [-0.2, 0) is 13.0 Å². The molecular weight excluding hydrogens is 258 g/mol. The lowest BCUT2D eigenvalue weighted by atomic mass is 9.94. The van der Waals surface area contributed by atoms with Crippen molar-refractivity contribution in [2.45, 2.75) is 71.4 Å². The zero-order chi connectivity index (χ0) is 15.1. The maximum atomic E-state index is 4.95. The average molecular weight is 289 g/mol. The van der Waals surface area contributed by atoms with Gasteiger partial charge in [0.05, 0.1) is 0 Å². The average Bonchev–Trinajstić information content (AvgIpc) is 2.50. The summed E-state index contributed by atoms with van der Waals surface area (Å²) in [6.45, 7) is 6.48. The molecule has 21 heavy (non-hydrogen) atoms. The maximum Gasteiger partial charge on any atom is 0.129 e. The first-order valence-electron chi connectivity index (χ1n) is 8.69. The third-order valence-corrected chi connectivity index (χ3v) is 4.46. The van der Waals surface area contributed by atoms with Crippen molar-refractivity contribution in [1.29, 1.82) is 0 Å². The Kier molecular flexibility index (Phi) is 6.50. The number of nitrogens with zero attached hydrogens (tertiary/aromatic N) is 2. The minimum absolute atomic E-state index is 0.690. The van der Waals surface area contributed by atoms with Gasteiger partial charge in [-0.05, 0) is 50.9 Å². The predicted octanol–water partition coefficient (Wildman–Crippen LogP) is 3.91. The van der Waals surface area contributed by atoms with Crippen LogP contribution in [-0.4, -0.2) is 24.6 Å².